The normalized spacial score (nSPS) is 16.8. The Morgan fingerprint density at radius 3 is 2.63 bits per heavy atom. The van der Waals surface area contributed by atoms with Crippen molar-refractivity contribution in [2.45, 2.75) is 58.5 Å². The van der Waals surface area contributed by atoms with Gasteiger partial charge in [-0.1, -0.05) is 41.4 Å². The summed E-state index contributed by atoms with van der Waals surface area (Å²) in [7, 11) is 0. The third-order valence-corrected chi connectivity index (χ3v) is 6.93. The molecule has 1 aromatic carbocycles. The summed E-state index contributed by atoms with van der Waals surface area (Å²) in [5, 5.41) is 8.55. The molecule has 0 spiro atoms. The Balaban J connectivity index is 1.06. The van der Waals surface area contributed by atoms with E-state index < -0.39 is 0 Å². The van der Waals surface area contributed by atoms with Crippen molar-refractivity contribution in [1.82, 2.24) is 34.3 Å². The van der Waals surface area contributed by atoms with E-state index in [1.165, 1.54) is 10.2 Å². The van der Waals surface area contributed by atoms with Crippen molar-refractivity contribution >= 4 is 5.91 Å². The lowest BCUT2D eigenvalue weighted by Gasteiger charge is -2.34. The van der Waals surface area contributed by atoms with Crippen LogP contribution in [0.25, 0.3) is 11.4 Å². The molecule has 10 heteroatoms. The van der Waals surface area contributed by atoms with Crippen LogP contribution in [0.15, 0.2) is 33.6 Å². The molecule has 2 aliphatic rings. The fraction of sp³-hybridized carbons (Fsp3) is 0.560. The van der Waals surface area contributed by atoms with Gasteiger partial charge in [0.25, 0.3) is 0 Å². The Morgan fingerprint density at radius 1 is 1.03 bits per heavy atom. The van der Waals surface area contributed by atoms with Gasteiger partial charge >= 0.3 is 5.69 Å². The lowest BCUT2D eigenvalue weighted by atomic mass is 10.1. The Bertz CT molecular complexity index is 1200. The molecule has 1 fully saturated rings. The summed E-state index contributed by atoms with van der Waals surface area (Å²) in [6, 6.07) is 8.09. The van der Waals surface area contributed by atoms with E-state index in [1.807, 2.05) is 29.2 Å². The number of hydrogen-bond donors (Lipinski definition) is 0. The lowest BCUT2D eigenvalue weighted by molar-refractivity contribution is -0.133. The molecule has 4 heterocycles. The minimum absolute atomic E-state index is 0.0271. The Hall–Kier alpha value is -3.27. The summed E-state index contributed by atoms with van der Waals surface area (Å²) in [5.74, 6) is 2.06. The van der Waals surface area contributed by atoms with Gasteiger partial charge in [0.1, 0.15) is 12.4 Å². The van der Waals surface area contributed by atoms with Gasteiger partial charge in [-0.05, 0) is 32.7 Å². The molecule has 5 rings (SSSR count). The van der Waals surface area contributed by atoms with Gasteiger partial charge in [-0.3, -0.25) is 14.3 Å². The average molecular weight is 480 g/mol. The number of piperazine rings is 1. The van der Waals surface area contributed by atoms with Crippen LogP contribution in [-0.2, 0) is 30.7 Å². The number of nitrogens with zero attached hydrogens (tertiary/aromatic N) is 7. The molecule has 0 aliphatic carbocycles. The highest BCUT2D eigenvalue weighted by Gasteiger charge is 2.23. The second-order valence-corrected chi connectivity index (χ2v) is 9.52. The maximum absolute atomic E-state index is 12.8. The van der Waals surface area contributed by atoms with Crippen molar-refractivity contribution in [1.29, 1.82) is 0 Å². The van der Waals surface area contributed by atoms with Crippen molar-refractivity contribution in [2.75, 3.05) is 32.7 Å². The summed E-state index contributed by atoms with van der Waals surface area (Å²) in [5.41, 5.74) is 2.00. The highest BCUT2D eigenvalue weighted by molar-refractivity contribution is 5.76. The third kappa shape index (κ3) is 5.53. The van der Waals surface area contributed by atoms with Crippen LogP contribution >= 0.6 is 0 Å². The number of carbonyl (C=O) groups is 1. The van der Waals surface area contributed by atoms with Gasteiger partial charge in [-0.2, -0.15) is 10.1 Å². The number of benzene rings is 1. The van der Waals surface area contributed by atoms with Gasteiger partial charge in [-0.15, -0.1) is 0 Å². The van der Waals surface area contributed by atoms with E-state index >= 15 is 0 Å². The molecule has 1 amide bonds. The van der Waals surface area contributed by atoms with Gasteiger partial charge in [0.2, 0.25) is 17.6 Å². The maximum Gasteiger partial charge on any atom is 0.346 e. The Kier molecular flexibility index (Phi) is 7.08. The molecule has 0 unspecified atom stereocenters. The van der Waals surface area contributed by atoms with Crippen LogP contribution < -0.4 is 5.69 Å². The number of amides is 1. The summed E-state index contributed by atoms with van der Waals surface area (Å²) < 4.78 is 8.52. The number of carbonyl (C=O) groups excluding carboxylic acids is 1. The van der Waals surface area contributed by atoms with E-state index in [4.69, 9.17) is 4.52 Å². The summed E-state index contributed by atoms with van der Waals surface area (Å²) in [6.45, 7) is 6.67. The topological polar surface area (TPSA) is 102 Å². The largest absolute Gasteiger partial charge is 0.346 e. The van der Waals surface area contributed by atoms with Gasteiger partial charge in [0.15, 0.2) is 0 Å². The van der Waals surface area contributed by atoms with E-state index in [2.05, 4.69) is 27.1 Å². The minimum Gasteiger partial charge on any atom is -0.339 e. The van der Waals surface area contributed by atoms with E-state index in [0.29, 0.717) is 31.3 Å². The number of rotatable bonds is 7. The standard InChI is InChI=1S/C25H33N7O3/c1-19-8-10-20(11-9-19)24-26-22(35-28-24)7-5-12-29-14-16-30(17-15-29)23(33)18-32-25(34)31-13-4-2-3-6-21(31)27-32/h8-11H,2-7,12-18H2,1H3. The summed E-state index contributed by atoms with van der Waals surface area (Å²) in [6.07, 6.45) is 5.62. The molecule has 2 aliphatic heterocycles. The predicted molar refractivity (Wildman–Crippen MR) is 130 cm³/mol. The fourth-order valence-corrected chi connectivity index (χ4v) is 4.81. The minimum atomic E-state index is -0.152. The number of aryl methyl sites for hydroxylation is 3. The highest BCUT2D eigenvalue weighted by Crippen LogP contribution is 2.17. The zero-order valence-electron chi connectivity index (χ0n) is 20.4. The zero-order valence-corrected chi connectivity index (χ0v) is 20.4. The van der Waals surface area contributed by atoms with Crippen LogP contribution in [0.1, 0.15) is 43.0 Å². The lowest BCUT2D eigenvalue weighted by Crippen LogP contribution is -2.50. The fourth-order valence-electron chi connectivity index (χ4n) is 4.81. The molecule has 3 aromatic rings. The van der Waals surface area contributed by atoms with Crippen molar-refractivity contribution in [3.8, 4) is 11.4 Å². The predicted octanol–water partition coefficient (Wildman–Crippen LogP) is 1.91. The first-order chi connectivity index (χ1) is 17.1. The average Bonchev–Trinajstić information content (AvgIpc) is 3.36. The first kappa shape index (κ1) is 23.5. The highest BCUT2D eigenvalue weighted by atomic mass is 16.5. The van der Waals surface area contributed by atoms with Gasteiger partial charge in [0.05, 0.1) is 0 Å². The van der Waals surface area contributed by atoms with E-state index in [-0.39, 0.29) is 18.1 Å². The van der Waals surface area contributed by atoms with Gasteiger partial charge in [-0.25, -0.2) is 9.48 Å². The molecule has 186 valence electrons. The molecule has 0 radical (unpaired) electrons. The van der Waals surface area contributed by atoms with E-state index in [1.54, 1.807) is 4.57 Å². The molecular weight excluding hydrogens is 446 g/mol. The Morgan fingerprint density at radius 2 is 1.83 bits per heavy atom. The zero-order chi connectivity index (χ0) is 24.2. The molecule has 0 bridgehead atoms. The summed E-state index contributed by atoms with van der Waals surface area (Å²) >= 11 is 0. The smallest absolute Gasteiger partial charge is 0.339 e. The summed E-state index contributed by atoms with van der Waals surface area (Å²) in [4.78, 5) is 34.2. The molecule has 35 heavy (non-hydrogen) atoms. The van der Waals surface area contributed by atoms with E-state index in [9.17, 15) is 9.59 Å². The Labute approximate surface area is 204 Å². The monoisotopic (exact) mass is 479 g/mol. The molecule has 10 nitrogen and oxygen atoms in total. The molecule has 0 N–H and O–H groups in total. The first-order valence-electron chi connectivity index (χ1n) is 12.6. The van der Waals surface area contributed by atoms with Gasteiger partial charge < -0.3 is 9.42 Å². The van der Waals surface area contributed by atoms with E-state index in [0.717, 1.165) is 69.5 Å². The van der Waals surface area contributed by atoms with Crippen LogP contribution in [0, 0.1) is 6.92 Å². The molecule has 0 saturated carbocycles. The molecule has 2 aromatic heterocycles. The number of fused-ring (bicyclic) bond motifs is 1. The second-order valence-electron chi connectivity index (χ2n) is 9.52. The van der Waals surface area contributed by atoms with Crippen molar-refractivity contribution in [3.63, 3.8) is 0 Å². The molecular formula is C25H33N7O3. The second kappa shape index (κ2) is 10.6. The van der Waals surface area contributed by atoms with Gasteiger partial charge in [0, 0.05) is 51.1 Å². The SMILES string of the molecule is Cc1ccc(-c2noc(CCCN3CCN(C(=O)Cn4nc5n(c4=O)CCCCC5)CC3)n2)cc1. The van der Waals surface area contributed by atoms with Crippen LogP contribution in [0.2, 0.25) is 0 Å². The molecule has 0 atom stereocenters. The van der Waals surface area contributed by atoms with Crippen LogP contribution in [0.3, 0.4) is 0 Å². The third-order valence-electron chi connectivity index (χ3n) is 6.93. The number of hydrogen-bond acceptors (Lipinski definition) is 7. The maximum atomic E-state index is 12.8. The number of aromatic nitrogens is 5. The van der Waals surface area contributed by atoms with Crippen molar-refractivity contribution in [2.24, 2.45) is 0 Å². The quantitative estimate of drug-likeness (QED) is 0.510. The first-order valence-corrected chi connectivity index (χ1v) is 12.6. The van der Waals surface area contributed by atoms with Crippen LogP contribution in [0.5, 0.6) is 0 Å². The van der Waals surface area contributed by atoms with Crippen LogP contribution in [-0.4, -0.2) is 72.9 Å². The molecule has 1 saturated heterocycles. The van der Waals surface area contributed by atoms with Crippen LogP contribution in [0.4, 0.5) is 0 Å². The van der Waals surface area contributed by atoms with Crippen molar-refractivity contribution < 1.29 is 9.32 Å². The van der Waals surface area contributed by atoms with Crippen molar-refractivity contribution in [3.05, 3.63) is 52.0 Å².